The van der Waals surface area contributed by atoms with Crippen LogP contribution in [-0.2, 0) is 44.4 Å². The Bertz CT molecular complexity index is 1910. The van der Waals surface area contributed by atoms with Gasteiger partial charge in [-0.2, -0.15) is 0 Å². The molecule has 1 spiro atoms. The van der Waals surface area contributed by atoms with Crippen LogP contribution in [-0.4, -0.2) is 75.9 Å². The predicted molar refractivity (Wildman–Crippen MR) is 276 cm³/mol. The van der Waals surface area contributed by atoms with Gasteiger partial charge in [0.05, 0.1) is 18.8 Å². The molecule has 5 rings (SSSR count). The maximum absolute atomic E-state index is 14.3. The van der Waals surface area contributed by atoms with Crippen LogP contribution in [0, 0.1) is 0 Å². The molecule has 10 nitrogen and oxygen atoms in total. The number of hydrogen-bond donors (Lipinski definition) is 1. The standard InChI is InChI=1S/C52H88O10Si4/c1-32(2)63(33(3)4,34(5)6)59-44-28-43-30-55-52(48(43)45(29-44)60-64(35(7)8,36(9)10)37(11)12)51(57-47(53)27-26-42-24-22-21-23-25-42)49(54)50-46(58-52)31-56-65(38(13)14,39(15)16)62-66(61-50,40(17)18)41(19)20/h21-29,32-41,46,49-51,54H,30-31H2,1-20H3/b27-26+/t46-,49+,50-,51-,52+/m1/s1. The van der Waals surface area contributed by atoms with Crippen LogP contribution in [0.4, 0.5) is 0 Å². The van der Waals surface area contributed by atoms with Crippen LogP contribution in [0.2, 0.25) is 55.4 Å². The average Bonchev–Trinajstić information content (AvgIpc) is 3.58. The van der Waals surface area contributed by atoms with E-state index in [1.54, 1.807) is 6.08 Å². The Morgan fingerprint density at radius 3 is 1.70 bits per heavy atom. The molecule has 14 heteroatoms. The monoisotopic (exact) mass is 985 g/mol. The maximum Gasteiger partial charge on any atom is 0.335 e. The molecular weight excluding hydrogens is 897 g/mol. The number of aliphatic hydroxyl groups is 1. The van der Waals surface area contributed by atoms with Crippen LogP contribution in [0.15, 0.2) is 48.5 Å². The van der Waals surface area contributed by atoms with E-state index in [0.29, 0.717) is 27.9 Å². The van der Waals surface area contributed by atoms with E-state index in [4.69, 9.17) is 36.0 Å². The summed E-state index contributed by atoms with van der Waals surface area (Å²) in [4.78, 5) is 14.3. The van der Waals surface area contributed by atoms with Gasteiger partial charge in [-0.1, -0.05) is 169 Å². The zero-order chi connectivity index (χ0) is 49.5. The molecule has 2 aromatic carbocycles. The highest BCUT2D eigenvalue weighted by Crippen LogP contribution is 2.57. The van der Waals surface area contributed by atoms with Crippen molar-refractivity contribution >= 4 is 45.8 Å². The van der Waals surface area contributed by atoms with Crippen molar-refractivity contribution in [2.45, 2.75) is 231 Å². The molecule has 3 aliphatic rings. The van der Waals surface area contributed by atoms with E-state index in [9.17, 15) is 9.90 Å². The predicted octanol–water partition coefficient (Wildman–Crippen LogP) is 13.8. The molecule has 372 valence electrons. The Hall–Kier alpha value is -2.12. The van der Waals surface area contributed by atoms with Gasteiger partial charge >= 0.3 is 23.1 Å². The second-order valence-electron chi connectivity index (χ2n) is 22.6. The molecule has 0 radical (unpaired) electrons. The Kier molecular flexibility index (Phi) is 17.5. The minimum Gasteiger partial charge on any atom is -0.543 e. The van der Waals surface area contributed by atoms with Gasteiger partial charge in [0.15, 0.2) is 6.10 Å². The van der Waals surface area contributed by atoms with Crippen molar-refractivity contribution in [2.75, 3.05) is 6.61 Å². The summed E-state index contributed by atoms with van der Waals surface area (Å²) >= 11 is 0. The minimum absolute atomic E-state index is 0.0108. The van der Waals surface area contributed by atoms with Crippen molar-refractivity contribution in [3.63, 3.8) is 0 Å². The van der Waals surface area contributed by atoms with Crippen LogP contribution < -0.4 is 8.85 Å². The van der Waals surface area contributed by atoms with Gasteiger partial charge in [-0.05, 0) is 78.7 Å². The summed E-state index contributed by atoms with van der Waals surface area (Å²) in [5, 5.41) is 13.2. The molecule has 0 aliphatic carbocycles. The lowest BCUT2D eigenvalue weighted by molar-refractivity contribution is -0.368. The average molecular weight is 986 g/mol. The lowest BCUT2D eigenvalue weighted by Gasteiger charge is -2.56. The third kappa shape index (κ3) is 9.81. The van der Waals surface area contributed by atoms with Crippen molar-refractivity contribution in [1.82, 2.24) is 0 Å². The van der Waals surface area contributed by atoms with Gasteiger partial charge in [0.1, 0.15) is 29.8 Å². The van der Waals surface area contributed by atoms with E-state index in [1.165, 1.54) is 6.08 Å². The maximum atomic E-state index is 14.3. The molecule has 3 aliphatic heterocycles. The summed E-state index contributed by atoms with van der Waals surface area (Å²) in [6.07, 6.45) is -1.49. The fourth-order valence-corrected chi connectivity index (χ4v) is 34.1. The molecule has 0 saturated carbocycles. The van der Waals surface area contributed by atoms with Crippen LogP contribution in [0.5, 0.6) is 11.5 Å². The van der Waals surface area contributed by atoms with E-state index < -0.39 is 69.9 Å². The smallest absolute Gasteiger partial charge is 0.335 e. The molecule has 3 heterocycles. The number of fused-ring (bicyclic) bond motifs is 3. The Morgan fingerprint density at radius 1 is 0.712 bits per heavy atom. The fraction of sp³-hybridized carbons (Fsp3) is 0.712. The Morgan fingerprint density at radius 2 is 1.21 bits per heavy atom. The summed E-state index contributed by atoms with van der Waals surface area (Å²) < 4.78 is 58.5. The third-order valence-corrected chi connectivity index (χ3v) is 37.7. The quantitative estimate of drug-likeness (QED) is 0.0934. The summed E-state index contributed by atoms with van der Waals surface area (Å²) in [5.41, 5.74) is 4.11. The van der Waals surface area contributed by atoms with Crippen LogP contribution in [0.1, 0.15) is 155 Å². The fourth-order valence-electron chi connectivity index (χ4n) is 12.4. The number of benzene rings is 2. The van der Waals surface area contributed by atoms with Gasteiger partial charge in [0.25, 0.3) is 16.6 Å². The molecule has 0 unspecified atom stereocenters. The van der Waals surface area contributed by atoms with Crippen LogP contribution in [0.3, 0.4) is 0 Å². The number of carbonyl (C=O) groups is 1. The van der Waals surface area contributed by atoms with Crippen molar-refractivity contribution < 1.29 is 45.9 Å². The van der Waals surface area contributed by atoms with E-state index >= 15 is 0 Å². The molecule has 2 fully saturated rings. The minimum atomic E-state index is -3.25. The summed E-state index contributed by atoms with van der Waals surface area (Å²) in [6.45, 7) is 44.9. The van der Waals surface area contributed by atoms with E-state index in [-0.39, 0.29) is 52.0 Å². The normalized spacial score (nSPS) is 24.8. The zero-order valence-electron chi connectivity index (χ0n) is 44.3. The number of rotatable bonds is 17. The number of ether oxygens (including phenoxy) is 3. The summed E-state index contributed by atoms with van der Waals surface area (Å²) in [7, 11) is -11.4. The first kappa shape index (κ1) is 54.8. The van der Waals surface area contributed by atoms with Gasteiger partial charge in [0.2, 0.25) is 5.79 Å². The Labute approximate surface area is 404 Å². The summed E-state index contributed by atoms with van der Waals surface area (Å²) in [5.74, 6) is -1.13. The summed E-state index contributed by atoms with van der Waals surface area (Å²) in [6, 6.07) is 13.7. The third-order valence-electron chi connectivity index (χ3n) is 15.4. The van der Waals surface area contributed by atoms with Crippen molar-refractivity contribution in [2.24, 2.45) is 0 Å². The molecule has 2 aromatic rings. The highest BCUT2D eigenvalue weighted by Gasteiger charge is 2.67. The van der Waals surface area contributed by atoms with Crippen molar-refractivity contribution in [1.29, 1.82) is 0 Å². The van der Waals surface area contributed by atoms with Gasteiger partial charge in [-0.3, -0.25) is 0 Å². The highest BCUT2D eigenvalue weighted by molar-refractivity contribution is 6.84. The second-order valence-corrected chi connectivity index (χ2v) is 42.2. The van der Waals surface area contributed by atoms with Crippen LogP contribution >= 0.6 is 0 Å². The first-order chi connectivity index (χ1) is 30.7. The first-order valence-corrected chi connectivity index (χ1v) is 33.4. The molecule has 5 atom stereocenters. The van der Waals surface area contributed by atoms with Gasteiger partial charge < -0.3 is 41.1 Å². The van der Waals surface area contributed by atoms with E-state index in [0.717, 1.165) is 16.9 Å². The van der Waals surface area contributed by atoms with Gasteiger partial charge in [-0.15, -0.1) is 0 Å². The lowest BCUT2D eigenvalue weighted by atomic mass is 9.86. The number of hydrogen-bond acceptors (Lipinski definition) is 10. The highest BCUT2D eigenvalue weighted by atomic mass is 28.5. The Balaban J connectivity index is 1.82. The van der Waals surface area contributed by atoms with Crippen molar-refractivity contribution in [3.8, 4) is 11.5 Å². The van der Waals surface area contributed by atoms with Gasteiger partial charge in [-0.25, -0.2) is 4.79 Å². The second kappa shape index (κ2) is 21.1. The lowest BCUT2D eigenvalue weighted by Crippen LogP contribution is -2.72. The van der Waals surface area contributed by atoms with Gasteiger partial charge in [0, 0.05) is 12.1 Å². The number of carbonyl (C=O) groups excluding carboxylic acids is 1. The zero-order valence-corrected chi connectivity index (χ0v) is 48.3. The molecule has 0 bridgehead atoms. The van der Waals surface area contributed by atoms with E-state index in [1.807, 2.05) is 30.3 Å². The van der Waals surface area contributed by atoms with Crippen molar-refractivity contribution in [3.05, 3.63) is 65.2 Å². The SMILES string of the molecule is CC(C)[Si]1(C(C)C)OC[C@H]2O[C@]3(OCc4cc(O[Si](C(C)C)(C(C)C)C(C)C)cc(O[Si](C(C)C)(C(C)C)C(C)C)c43)[C@H](OC(=O)/C=C/c3ccccc3)[C@@H](O)[C@@H]2O[Si](C(C)C)(C(C)C)O1. The van der Waals surface area contributed by atoms with Crippen LogP contribution in [0.25, 0.3) is 6.08 Å². The molecule has 2 saturated heterocycles. The topological polar surface area (TPSA) is 111 Å². The number of aliphatic hydroxyl groups excluding tert-OH is 1. The first-order valence-electron chi connectivity index (χ1n) is 25.2. The molecule has 0 amide bonds. The molecule has 1 N–H and O–H groups in total. The molecule has 66 heavy (non-hydrogen) atoms. The molecule has 0 aromatic heterocycles. The van der Waals surface area contributed by atoms with E-state index in [2.05, 4.69) is 151 Å². The largest absolute Gasteiger partial charge is 0.543 e. The molecular formula is C52H88O10Si4. The number of esters is 1.